The van der Waals surface area contributed by atoms with Crippen molar-refractivity contribution >= 4 is 29.2 Å². The molecule has 0 amide bonds. The standard InChI is InChI=1S/C26H33BN2O3/c1-24(2,3)32-23(30)20-9-8-18(27-15-25(4,5)26(6,7)16-27)13-21(20)31-19-12-17-10-11-28-22(17)29-14-19/h8-14H,15-16H2,1-7H3,(H,28,29). The summed E-state index contributed by atoms with van der Waals surface area (Å²) in [7, 11) is 0. The third-order valence-electron chi connectivity index (χ3n) is 7.04. The number of carbonyl (C=O) groups is 1. The van der Waals surface area contributed by atoms with Crippen molar-refractivity contribution in [1.29, 1.82) is 0 Å². The zero-order chi connectivity index (χ0) is 23.3. The summed E-state index contributed by atoms with van der Waals surface area (Å²) in [4.78, 5) is 20.5. The Morgan fingerprint density at radius 2 is 1.75 bits per heavy atom. The average Bonchev–Trinajstić information content (AvgIpc) is 3.21. The van der Waals surface area contributed by atoms with Gasteiger partial charge in [-0.25, -0.2) is 9.78 Å². The number of carbonyl (C=O) groups excluding carboxylic acids is 1. The van der Waals surface area contributed by atoms with Crippen molar-refractivity contribution in [2.45, 2.75) is 66.7 Å². The molecule has 4 rings (SSSR count). The van der Waals surface area contributed by atoms with Crippen molar-refractivity contribution in [2.75, 3.05) is 0 Å². The first-order valence-electron chi connectivity index (χ1n) is 11.3. The molecule has 1 aromatic carbocycles. The Hall–Kier alpha value is -2.76. The number of hydrogen-bond donors (Lipinski definition) is 1. The van der Waals surface area contributed by atoms with Crippen LogP contribution < -0.4 is 10.2 Å². The van der Waals surface area contributed by atoms with E-state index in [1.807, 2.05) is 51.2 Å². The zero-order valence-corrected chi connectivity index (χ0v) is 20.2. The summed E-state index contributed by atoms with van der Waals surface area (Å²) >= 11 is 0. The van der Waals surface area contributed by atoms with E-state index in [0.717, 1.165) is 23.7 Å². The second kappa shape index (κ2) is 7.68. The van der Waals surface area contributed by atoms with E-state index in [9.17, 15) is 4.79 Å². The first-order valence-corrected chi connectivity index (χ1v) is 11.3. The van der Waals surface area contributed by atoms with Crippen molar-refractivity contribution in [3.63, 3.8) is 0 Å². The van der Waals surface area contributed by atoms with Crippen LogP contribution in [0.15, 0.2) is 42.7 Å². The fraction of sp³-hybridized carbons (Fsp3) is 0.462. The number of nitrogens with one attached hydrogen (secondary N) is 1. The summed E-state index contributed by atoms with van der Waals surface area (Å²) < 4.78 is 11.9. The van der Waals surface area contributed by atoms with Crippen LogP contribution in [0.3, 0.4) is 0 Å². The van der Waals surface area contributed by atoms with E-state index in [4.69, 9.17) is 9.47 Å². The number of H-pyrrole nitrogens is 1. The van der Waals surface area contributed by atoms with Gasteiger partial charge in [0.25, 0.3) is 0 Å². The van der Waals surface area contributed by atoms with Crippen molar-refractivity contribution in [1.82, 2.24) is 9.97 Å². The van der Waals surface area contributed by atoms with E-state index in [1.165, 1.54) is 5.46 Å². The third-order valence-corrected chi connectivity index (χ3v) is 7.04. The quantitative estimate of drug-likeness (QED) is 0.401. The fourth-order valence-electron chi connectivity index (χ4n) is 4.57. The highest BCUT2D eigenvalue weighted by molar-refractivity contribution is 6.74. The molecule has 32 heavy (non-hydrogen) atoms. The van der Waals surface area contributed by atoms with Gasteiger partial charge in [0.2, 0.25) is 0 Å². The van der Waals surface area contributed by atoms with Crippen molar-refractivity contribution in [2.24, 2.45) is 10.8 Å². The van der Waals surface area contributed by atoms with E-state index in [2.05, 4.69) is 43.7 Å². The SMILES string of the molecule is CC(C)(C)OC(=O)c1ccc(B2CC(C)(C)C(C)(C)C2)cc1Oc1cnc2[nH]ccc2c1. The first-order chi connectivity index (χ1) is 14.8. The second-order valence-corrected chi connectivity index (χ2v) is 11.3. The van der Waals surface area contributed by atoms with Gasteiger partial charge in [0.1, 0.15) is 28.3 Å². The Morgan fingerprint density at radius 1 is 1.06 bits per heavy atom. The smallest absolute Gasteiger partial charge is 0.342 e. The van der Waals surface area contributed by atoms with Gasteiger partial charge in [0, 0.05) is 11.6 Å². The number of esters is 1. The molecule has 0 aliphatic carbocycles. The van der Waals surface area contributed by atoms with E-state index >= 15 is 0 Å². The lowest BCUT2D eigenvalue weighted by Crippen LogP contribution is -2.29. The Bertz CT molecular complexity index is 1140. The monoisotopic (exact) mass is 432 g/mol. The van der Waals surface area contributed by atoms with Crippen molar-refractivity contribution in [3.05, 3.63) is 48.3 Å². The molecule has 3 heterocycles. The molecule has 1 N–H and O–H groups in total. The average molecular weight is 432 g/mol. The second-order valence-electron chi connectivity index (χ2n) is 11.3. The zero-order valence-electron chi connectivity index (χ0n) is 20.2. The summed E-state index contributed by atoms with van der Waals surface area (Å²) in [5.74, 6) is 0.712. The van der Waals surface area contributed by atoms with Crippen molar-refractivity contribution in [3.8, 4) is 11.5 Å². The number of hydrogen-bond acceptors (Lipinski definition) is 4. The molecule has 3 aromatic rings. The number of ether oxygens (including phenoxy) is 2. The minimum absolute atomic E-state index is 0.242. The molecule has 2 aromatic heterocycles. The Balaban J connectivity index is 1.71. The molecule has 0 bridgehead atoms. The number of fused-ring (bicyclic) bond motifs is 1. The van der Waals surface area contributed by atoms with Gasteiger partial charge >= 0.3 is 5.97 Å². The molecule has 6 heteroatoms. The largest absolute Gasteiger partial charge is 0.456 e. The van der Waals surface area contributed by atoms with Crippen LogP contribution in [0.5, 0.6) is 11.5 Å². The van der Waals surface area contributed by atoms with Crippen LogP contribution in [-0.4, -0.2) is 28.3 Å². The van der Waals surface area contributed by atoms with Crippen LogP contribution in [0, 0.1) is 10.8 Å². The lowest BCUT2D eigenvalue weighted by Gasteiger charge is -2.35. The summed E-state index contributed by atoms with van der Waals surface area (Å²) in [6.45, 7) is 15.4. The summed E-state index contributed by atoms with van der Waals surface area (Å²) in [6, 6.07) is 9.79. The highest BCUT2D eigenvalue weighted by atomic mass is 16.6. The topological polar surface area (TPSA) is 64.2 Å². The lowest BCUT2D eigenvalue weighted by atomic mass is 9.42. The van der Waals surface area contributed by atoms with E-state index in [1.54, 1.807) is 6.20 Å². The maximum atomic E-state index is 13.0. The van der Waals surface area contributed by atoms with Crippen LogP contribution in [0.2, 0.25) is 12.6 Å². The third kappa shape index (κ3) is 4.41. The van der Waals surface area contributed by atoms with E-state index in [-0.39, 0.29) is 16.8 Å². The molecule has 0 unspecified atom stereocenters. The lowest BCUT2D eigenvalue weighted by molar-refractivity contribution is 0.00672. The van der Waals surface area contributed by atoms with Crippen LogP contribution in [-0.2, 0) is 4.74 Å². The van der Waals surface area contributed by atoms with Gasteiger partial charge < -0.3 is 14.5 Å². The van der Waals surface area contributed by atoms with Gasteiger partial charge in [-0.2, -0.15) is 0 Å². The number of pyridine rings is 1. The molecular formula is C26H33BN2O3. The minimum Gasteiger partial charge on any atom is -0.456 e. The molecule has 0 spiro atoms. The number of benzene rings is 1. The molecule has 0 saturated carbocycles. The van der Waals surface area contributed by atoms with Crippen LogP contribution in [0.1, 0.15) is 58.8 Å². The summed E-state index contributed by atoms with van der Waals surface area (Å²) in [6.07, 6.45) is 5.72. The summed E-state index contributed by atoms with van der Waals surface area (Å²) in [5, 5.41) is 0.955. The molecule has 0 radical (unpaired) electrons. The molecule has 0 atom stereocenters. The van der Waals surface area contributed by atoms with Crippen molar-refractivity contribution < 1.29 is 14.3 Å². The van der Waals surface area contributed by atoms with Gasteiger partial charge in [-0.05, 0) is 55.9 Å². The summed E-state index contributed by atoms with van der Waals surface area (Å²) in [5.41, 5.74) is 2.32. The minimum atomic E-state index is -0.585. The van der Waals surface area contributed by atoms with Gasteiger partial charge in [-0.1, -0.05) is 51.9 Å². The first kappa shape index (κ1) is 22.4. The number of aromatic nitrogens is 2. The van der Waals surface area contributed by atoms with E-state index < -0.39 is 5.60 Å². The van der Waals surface area contributed by atoms with Crippen LogP contribution >= 0.6 is 0 Å². The van der Waals surface area contributed by atoms with Gasteiger partial charge in [-0.3, -0.25) is 0 Å². The maximum absolute atomic E-state index is 13.0. The van der Waals surface area contributed by atoms with Gasteiger partial charge in [-0.15, -0.1) is 0 Å². The highest BCUT2D eigenvalue weighted by Gasteiger charge is 2.48. The Morgan fingerprint density at radius 3 is 2.41 bits per heavy atom. The molecule has 1 aliphatic rings. The Kier molecular flexibility index (Phi) is 5.39. The maximum Gasteiger partial charge on any atom is 0.342 e. The molecule has 1 saturated heterocycles. The number of nitrogens with zero attached hydrogens (tertiary/aromatic N) is 1. The normalized spacial score (nSPS) is 17.5. The highest BCUT2D eigenvalue weighted by Crippen LogP contribution is 2.52. The molecular weight excluding hydrogens is 399 g/mol. The van der Waals surface area contributed by atoms with Gasteiger partial charge in [0.15, 0.2) is 6.71 Å². The number of rotatable bonds is 4. The Labute approximate surface area is 191 Å². The van der Waals surface area contributed by atoms with Crippen LogP contribution in [0.25, 0.3) is 11.0 Å². The molecule has 1 fully saturated rings. The van der Waals surface area contributed by atoms with Gasteiger partial charge in [0.05, 0.1) is 6.20 Å². The van der Waals surface area contributed by atoms with E-state index in [0.29, 0.717) is 23.8 Å². The predicted molar refractivity (Wildman–Crippen MR) is 130 cm³/mol. The fourth-order valence-corrected chi connectivity index (χ4v) is 4.57. The molecule has 5 nitrogen and oxygen atoms in total. The number of aromatic amines is 1. The molecule has 168 valence electrons. The van der Waals surface area contributed by atoms with Crippen LogP contribution in [0.4, 0.5) is 0 Å². The predicted octanol–water partition coefficient (Wildman–Crippen LogP) is 6.08. The molecule has 1 aliphatic heterocycles.